The third-order valence-corrected chi connectivity index (χ3v) is 2.96. The SMILES string of the molecule is O=c1ccc2ccc3ccc(Br)nc3c2[nH]1. The second-order valence-corrected chi connectivity index (χ2v) is 4.37. The van der Waals surface area contributed by atoms with E-state index in [-0.39, 0.29) is 5.56 Å². The number of nitrogens with zero attached hydrogens (tertiary/aromatic N) is 1. The van der Waals surface area contributed by atoms with Crippen LogP contribution in [0.3, 0.4) is 0 Å². The van der Waals surface area contributed by atoms with E-state index in [1.54, 1.807) is 6.07 Å². The van der Waals surface area contributed by atoms with Gasteiger partial charge in [-0.05, 0) is 28.1 Å². The number of pyridine rings is 2. The van der Waals surface area contributed by atoms with Crippen LogP contribution in [-0.4, -0.2) is 9.97 Å². The number of rotatable bonds is 0. The molecule has 4 heteroatoms. The summed E-state index contributed by atoms with van der Waals surface area (Å²) in [6.45, 7) is 0. The maximum absolute atomic E-state index is 11.3. The van der Waals surface area contributed by atoms with Gasteiger partial charge in [-0.3, -0.25) is 4.79 Å². The van der Waals surface area contributed by atoms with Crippen molar-refractivity contribution >= 4 is 37.7 Å². The molecule has 0 spiro atoms. The highest BCUT2D eigenvalue weighted by molar-refractivity contribution is 9.10. The number of benzene rings is 1. The van der Waals surface area contributed by atoms with E-state index in [1.807, 2.05) is 24.3 Å². The van der Waals surface area contributed by atoms with Crippen molar-refractivity contribution < 1.29 is 0 Å². The molecule has 2 heterocycles. The lowest BCUT2D eigenvalue weighted by atomic mass is 10.1. The van der Waals surface area contributed by atoms with Crippen LogP contribution in [0, 0.1) is 0 Å². The number of fused-ring (bicyclic) bond motifs is 3. The summed E-state index contributed by atoms with van der Waals surface area (Å²) in [4.78, 5) is 18.5. The van der Waals surface area contributed by atoms with E-state index in [2.05, 4.69) is 25.9 Å². The summed E-state index contributed by atoms with van der Waals surface area (Å²) in [5, 5.41) is 2.00. The van der Waals surface area contributed by atoms with Crippen molar-refractivity contribution in [1.82, 2.24) is 9.97 Å². The molecule has 1 aromatic carbocycles. The normalized spacial score (nSPS) is 11.1. The molecule has 1 N–H and O–H groups in total. The molecule has 0 aliphatic rings. The Morgan fingerprint density at radius 1 is 1.00 bits per heavy atom. The van der Waals surface area contributed by atoms with E-state index in [0.29, 0.717) is 0 Å². The zero-order valence-corrected chi connectivity index (χ0v) is 9.78. The minimum atomic E-state index is -0.109. The summed E-state index contributed by atoms with van der Waals surface area (Å²) in [6.07, 6.45) is 0. The fourth-order valence-corrected chi connectivity index (χ4v) is 2.09. The summed E-state index contributed by atoms with van der Waals surface area (Å²) in [7, 11) is 0. The number of nitrogens with one attached hydrogen (secondary N) is 1. The Balaban J connectivity index is 2.60. The van der Waals surface area contributed by atoms with Crippen LogP contribution < -0.4 is 5.56 Å². The molecular formula is C12H7BrN2O. The van der Waals surface area contributed by atoms with Crippen molar-refractivity contribution in [2.75, 3.05) is 0 Å². The van der Waals surface area contributed by atoms with E-state index in [1.165, 1.54) is 6.07 Å². The molecule has 78 valence electrons. The molecule has 16 heavy (non-hydrogen) atoms. The molecule has 0 aliphatic carbocycles. The molecule has 2 aromatic heterocycles. The molecule has 3 rings (SSSR count). The van der Waals surface area contributed by atoms with E-state index in [4.69, 9.17) is 0 Å². The standard InChI is InChI=1S/C12H7BrN2O/c13-9-5-3-7-1-2-8-4-6-10(16)15-12(8)11(7)14-9/h1-6H,(H,15,16). The van der Waals surface area contributed by atoms with Gasteiger partial charge < -0.3 is 4.98 Å². The molecule has 0 amide bonds. The van der Waals surface area contributed by atoms with Crippen molar-refractivity contribution in [2.24, 2.45) is 0 Å². The van der Waals surface area contributed by atoms with E-state index >= 15 is 0 Å². The maximum atomic E-state index is 11.3. The van der Waals surface area contributed by atoms with Gasteiger partial charge in [0.15, 0.2) is 0 Å². The Labute approximate surface area is 99.3 Å². The van der Waals surface area contributed by atoms with E-state index < -0.39 is 0 Å². The third-order valence-electron chi connectivity index (χ3n) is 2.52. The second-order valence-electron chi connectivity index (χ2n) is 3.56. The van der Waals surface area contributed by atoms with E-state index in [9.17, 15) is 4.79 Å². The van der Waals surface area contributed by atoms with Crippen molar-refractivity contribution in [3.05, 3.63) is 51.4 Å². The lowest BCUT2D eigenvalue weighted by molar-refractivity contribution is 1.29. The highest BCUT2D eigenvalue weighted by atomic mass is 79.9. The van der Waals surface area contributed by atoms with Gasteiger partial charge in [-0.1, -0.05) is 18.2 Å². The number of H-pyrrole nitrogens is 1. The monoisotopic (exact) mass is 274 g/mol. The highest BCUT2D eigenvalue weighted by Gasteiger charge is 2.03. The summed E-state index contributed by atoms with van der Waals surface area (Å²) >= 11 is 3.33. The maximum Gasteiger partial charge on any atom is 0.248 e. The van der Waals surface area contributed by atoms with Gasteiger partial charge in [-0.25, -0.2) is 4.98 Å². The van der Waals surface area contributed by atoms with Gasteiger partial charge in [-0.15, -0.1) is 0 Å². The number of hydrogen-bond donors (Lipinski definition) is 1. The Bertz CT molecular complexity index is 749. The Morgan fingerprint density at radius 2 is 1.69 bits per heavy atom. The molecule has 0 unspecified atom stereocenters. The van der Waals surface area contributed by atoms with Crippen molar-refractivity contribution in [1.29, 1.82) is 0 Å². The Morgan fingerprint density at radius 3 is 2.56 bits per heavy atom. The topological polar surface area (TPSA) is 45.8 Å². The number of halogens is 1. The van der Waals surface area contributed by atoms with E-state index in [0.717, 1.165) is 26.4 Å². The predicted octanol–water partition coefficient (Wildman–Crippen LogP) is 2.84. The zero-order chi connectivity index (χ0) is 11.1. The first-order valence-corrected chi connectivity index (χ1v) is 5.62. The third kappa shape index (κ3) is 1.42. The molecule has 0 saturated heterocycles. The van der Waals surface area contributed by atoms with Gasteiger partial charge >= 0.3 is 0 Å². The fourth-order valence-electron chi connectivity index (χ4n) is 1.78. The van der Waals surface area contributed by atoms with Gasteiger partial charge in [0.2, 0.25) is 5.56 Å². The molecule has 0 radical (unpaired) electrons. The molecule has 0 fully saturated rings. The highest BCUT2D eigenvalue weighted by Crippen LogP contribution is 2.22. The van der Waals surface area contributed by atoms with Gasteiger partial charge in [-0.2, -0.15) is 0 Å². The number of hydrogen-bond acceptors (Lipinski definition) is 2. The lowest BCUT2D eigenvalue weighted by Gasteiger charge is -2.02. The fraction of sp³-hybridized carbons (Fsp3) is 0. The van der Waals surface area contributed by atoms with Gasteiger partial charge in [0.05, 0.1) is 11.0 Å². The summed E-state index contributed by atoms with van der Waals surface area (Å²) in [6, 6.07) is 11.1. The minimum Gasteiger partial charge on any atom is -0.320 e. The van der Waals surface area contributed by atoms with Crippen LogP contribution in [-0.2, 0) is 0 Å². The summed E-state index contributed by atoms with van der Waals surface area (Å²) in [5.74, 6) is 0. The number of aromatic nitrogens is 2. The molecular weight excluding hydrogens is 268 g/mol. The smallest absolute Gasteiger partial charge is 0.248 e. The van der Waals surface area contributed by atoms with Crippen LogP contribution in [0.2, 0.25) is 0 Å². The molecule has 0 saturated carbocycles. The van der Waals surface area contributed by atoms with Gasteiger partial charge in [0.25, 0.3) is 0 Å². The zero-order valence-electron chi connectivity index (χ0n) is 8.20. The molecule has 0 bridgehead atoms. The predicted molar refractivity (Wildman–Crippen MR) is 67.6 cm³/mol. The average Bonchev–Trinajstić information content (AvgIpc) is 2.29. The molecule has 3 nitrogen and oxygen atoms in total. The quantitative estimate of drug-likeness (QED) is 0.506. The summed E-state index contributed by atoms with van der Waals surface area (Å²) in [5.41, 5.74) is 1.48. The van der Waals surface area contributed by atoms with Gasteiger partial charge in [0.1, 0.15) is 4.60 Å². The van der Waals surface area contributed by atoms with Gasteiger partial charge in [0, 0.05) is 16.8 Å². The van der Waals surface area contributed by atoms with Crippen LogP contribution in [0.1, 0.15) is 0 Å². The van der Waals surface area contributed by atoms with Crippen LogP contribution in [0.25, 0.3) is 21.8 Å². The first-order chi connectivity index (χ1) is 7.74. The summed E-state index contributed by atoms with van der Waals surface area (Å²) < 4.78 is 0.761. The first-order valence-electron chi connectivity index (χ1n) is 4.82. The van der Waals surface area contributed by atoms with Crippen LogP contribution in [0.4, 0.5) is 0 Å². The van der Waals surface area contributed by atoms with Crippen molar-refractivity contribution in [3.8, 4) is 0 Å². The molecule has 0 aliphatic heterocycles. The molecule has 3 aromatic rings. The van der Waals surface area contributed by atoms with Crippen LogP contribution in [0.15, 0.2) is 45.8 Å². The van der Waals surface area contributed by atoms with Crippen molar-refractivity contribution in [3.63, 3.8) is 0 Å². The Kier molecular flexibility index (Phi) is 2.04. The van der Waals surface area contributed by atoms with Crippen LogP contribution >= 0.6 is 15.9 Å². The molecule has 0 atom stereocenters. The first kappa shape index (κ1) is 9.54. The number of aromatic amines is 1. The largest absolute Gasteiger partial charge is 0.320 e. The van der Waals surface area contributed by atoms with Crippen molar-refractivity contribution in [2.45, 2.75) is 0 Å². The minimum absolute atomic E-state index is 0.109. The second kappa shape index (κ2) is 3.42. The van der Waals surface area contributed by atoms with Crippen LogP contribution in [0.5, 0.6) is 0 Å². The Hall–Kier alpha value is -1.68. The average molecular weight is 275 g/mol. The lowest BCUT2D eigenvalue weighted by Crippen LogP contribution is -2.02.